The Balaban J connectivity index is 1.92. The van der Waals surface area contributed by atoms with Gasteiger partial charge in [-0.2, -0.15) is 0 Å². The molecule has 0 saturated carbocycles. The molecule has 6 heteroatoms. The van der Waals surface area contributed by atoms with Crippen LogP contribution >= 0.6 is 0 Å². The second-order valence-electron chi connectivity index (χ2n) is 5.38. The molecule has 0 spiro atoms. The molecule has 2 heterocycles. The largest absolute Gasteiger partial charge is 0.324 e. The van der Waals surface area contributed by atoms with Crippen LogP contribution in [0.1, 0.15) is 19.8 Å². The van der Waals surface area contributed by atoms with Crippen LogP contribution in [0.25, 0.3) is 0 Å². The van der Waals surface area contributed by atoms with E-state index in [0.29, 0.717) is 18.8 Å². The number of aromatic nitrogens is 1. The molecular weight excluding hydrogens is 268 g/mol. The van der Waals surface area contributed by atoms with Crippen LogP contribution in [0.3, 0.4) is 0 Å². The minimum Gasteiger partial charge on any atom is -0.324 e. The first kappa shape index (κ1) is 15.7. The molecule has 1 fully saturated rings. The lowest BCUT2D eigenvalue weighted by Gasteiger charge is -2.18. The summed E-state index contributed by atoms with van der Waals surface area (Å²) in [6, 6.07) is 3.16. The number of aryl methyl sites for hydroxylation is 1. The zero-order valence-electron chi connectivity index (χ0n) is 12.6. The topological polar surface area (TPSA) is 66.4 Å². The van der Waals surface area contributed by atoms with Crippen molar-refractivity contribution in [3.63, 3.8) is 0 Å². The molecule has 2 rings (SSSR count). The smallest absolute Gasteiger partial charge is 0.250 e. The summed E-state index contributed by atoms with van der Waals surface area (Å²) in [6.45, 7) is 6.85. The number of carbonyl (C=O) groups excluding carboxylic acids is 1. The van der Waals surface area contributed by atoms with Gasteiger partial charge in [0.05, 0.1) is 12.2 Å². The summed E-state index contributed by atoms with van der Waals surface area (Å²) in [7, 11) is 0. The van der Waals surface area contributed by atoms with E-state index in [-0.39, 0.29) is 11.5 Å². The van der Waals surface area contributed by atoms with Gasteiger partial charge in [0.1, 0.15) is 0 Å². The maximum atomic E-state index is 12.1. The number of anilines is 1. The molecule has 1 amide bonds. The molecule has 0 bridgehead atoms. The highest BCUT2D eigenvalue weighted by molar-refractivity contribution is 5.92. The molecule has 1 aliphatic rings. The van der Waals surface area contributed by atoms with Crippen molar-refractivity contribution in [1.29, 1.82) is 0 Å². The van der Waals surface area contributed by atoms with Crippen molar-refractivity contribution in [3.8, 4) is 0 Å². The second-order valence-corrected chi connectivity index (χ2v) is 5.38. The van der Waals surface area contributed by atoms with Crippen LogP contribution in [0.2, 0.25) is 0 Å². The molecule has 0 aromatic carbocycles. The maximum absolute atomic E-state index is 12.1. The third-order valence-electron chi connectivity index (χ3n) is 3.53. The van der Waals surface area contributed by atoms with Gasteiger partial charge in [-0.15, -0.1) is 0 Å². The fourth-order valence-electron chi connectivity index (χ4n) is 2.48. The molecule has 0 atom stereocenters. The van der Waals surface area contributed by atoms with Crippen molar-refractivity contribution in [2.24, 2.45) is 0 Å². The van der Waals surface area contributed by atoms with Gasteiger partial charge in [-0.3, -0.25) is 14.5 Å². The predicted octanol–water partition coefficient (Wildman–Crippen LogP) is 0.492. The lowest BCUT2D eigenvalue weighted by molar-refractivity contribution is -0.117. The number of amides is 1. The average molecular weight is 292 g/mol. The Morgan fingerprint density at radius 3 is 3.00 bits per heavy atom. The van der Waals surface area contributed by atoms with Crippen molar-refractivity contribution in [2.45, 2.75) is 26.3 Å². The van der Waals surface area contributed by atoms with Gasteiger partial charge in [-0.05, 0) is 32.0 Å². The maximum Gasteiger partial charge on any atom is 0.250 e. The van der Waals surface area contributed by atoms with Crippen LogP contribution in [-0.2, 0) is 11.3 Å². The quantitative estimate of drug-likeness (QED) is 0.829. The van der Waals surface area contributed by atoms with E-state index in [1.807, 2.05) is 6.92 Å². The summed E-state index contributed by atoms with van der Waals surface area (Å²) >= 11 is 0. The highest BCUT2D eigenvalue weighted by atomic mass is 16.2. The molecule has 0 unspecified atom stereocenters. The van der Waals surface area contributed by atoms with E-state index in [1.165, 1.54) is 6.07 Å². The van der Waals surface area contributed by atoms with Crippen LogP contribution < -0.4 is 16.2 Å². The normalized spacial score (nSPS) is 16.4. The van der Waals surface area contributed by atoms with Crippen LogP contribution in [-0.4, -0.2) is 48.1 Å². The third kappa shape index (κ3) is 4.99. The van der Waals surface area contributed by atoms with E-state index in [4.69, 9.17) is 0 Å². The summed E-state index contributed by atoms with van der Waals surface area (Å²) < 4.78 is 1.63. The molecule has 0 aliphatic carbocycles. The van der Waals surface area contributed by atoms with Gasteiger partial charge in [-0.25, -0.2) is 0 Å². The number of rotatable bonds is 5. The summed E-state index contributed by atoms with van der Waals surface area (Å²) in [6.07, 6.45) is 3.67. The number of hydrogen-bond donors (Lipinski definition) is 2. The Kier molecular flexibility index (Phi) is 5.95. The van der Waals surface area contributed by atoms with Crippen molar-refractivity contribution in [3.05, 3.63) is 28.7 Å². The Labute approximate surface area is 125 Å². The van der Waals surface area contributed by atoms with E-state index in [1.54, 1.807) is 16.8 Å². The molecule has 1 aliphatic heterocycles. The van der Waals surface area contributed by atoms with E-state index in [9.17, 15) is 9.59 Å². The molecule has 2 N–H and O–H groups in total. The Bertz CT molecular complexity index is 519. The first-order valence-electron chi connectivity index (χ1n) is 7.62. The lowest BCUT2D eigenvalue weighted by atomic mass is 10.3. The van der Waals surface area contributed by atoms with Crippen LogP contribution in [0.15, 0.2) is 23.1 Å². The van der Waals surface area contributed by atoms with Crippen molar-refractivity contribution >= 4 is 11.6 Å². The Morgan fingerprint density at radius 2 is 2.19 bits per heavy atom. The molecule has 116 valence electrons. The van der Waals surface area contributed by atoms with E-state index >= 15 is 0 Å². The minimum absolute atomic E-state index is 0.0291. The fourth-order valence-corrected chi connectivity index (χ4v) is 2.48. The van der Waals surface area contributed by atoms with Crippen LogP contribution in [0.4, 0.5) is 5.69 Å². The zero-order valence-corrected chi connectivity index (χ0v) is 12.6. The summed E-state index contributed by atoms with van der Waals surface area (Å²) in [5, 5.41) is 6.19. The van der Waals surface area contributed by atoms with Gasteiger partial charge in [0.25, 0.3) is 5.56 Å². The van der Waals surface area contributed by atoms with Gasteiger partial charge >= 0.3 is 0 Å². The standard InChI is InChI=1S/C15H24N4O2/c1-2-8-19-11-13(4-5-15(19)21)17-14(20)12-18-9-3-6-16-7-10-18/h4-5,11,16H,2-3,6-10,12H2,1H3,(H,17,20). The van der Waals surface area contributed by atoms with Gasteiger partial charge in [-0.1, -0.05) is 6.92 Å². The number of pyridine rings is 1. The molecule has 6 nitrogen and oxygen atoms in total. The predicted molar refractivity (Wildman–Crippen MR) is 83.5 cm³/mol. The number of carbonyl (C=O) groups is 1. The SMILES string of the molecule is CCCn1cc(NC(=O)CN2CCCNCC2)ccc1=O. The summed E-state index contributed by atoms with van der Waals surface area (Å²) in [4.78, 5) is 25.9. The van der Waals surface area contributed by atoms with Gasteiger partial charge in [0, 0.05) is 31.9 Å². The molecule has 21 heavy (non-hydrogen) atoms. The highest BCUT2D eigenvalue weighted by Crippen LogP contribution is 2.04. The van der Waals surface area contributed by atoms with Gasteiger partial charge < -0.3 is 15.2 Å². The highest BCUT2D eigenvalue weighted by Gasteiger charge is 2.13. The first-order valence-corrected chi connectivity index (χ1v) is 7.62. The van der Waals surface area contributed by atoms with Crippen LogP contribution in [0, 0.1) is 0 Å². The molecule has 1 aromatic rings. The van der Waals surface area contributed by atoms with Gasteiger partial charge in [0.2, 0.25) is 5.91 Å². The van der Waals surface area contributed by atoms with Crippen LogP contribution in [0.5, 0.6) is 0 Å². The summed E-state index contributed by atoms with van der Waals surface area (Å²) in [5.74, 6) is -0.0291. The van der Waals surface area contributed by atoms with Crippen molar-refractivity contribution < 1.29 is 4.79 Å². The Morgan fingerprint density at radius 1 is 1.33 bits per heavy atom. The monoisotopic (exact) mass is 292 g/mol. The second kappa shape index (κ2) is 7.95. The van der Waals surface area contributed by atoms with E-state index in [0.717, 1.165) is 39.0 Å². The van der Waals surface area contributed by atoms with Crippen molar-refractivity contribution in [2.75, 3.05) is 38.0 Å². The number of nitrogens with one attached hydrogen (secondary N) is 2. The molecule has 1 aromatic heterocycles. The number of nitrogens with zero attached hydrogens (tertiary/aromatic N) is 2. The minimum atomic E-state index is -0.0339. The lowest BCUT2D eigenvalue weighted by Crippen LogP contribution is -2.35. The van der Waals surface area contributed by atoms with Gasteiger partial charge in [0.15, 0.2) is 0 Å². The molecule has 1 saturated heterocycles. The van der Waals surface area contributed by atoms with E-state index < -0.39 is 0 Å². The first-order chi connectivity index (χ1) is 10.2. The average Bonchev–Trinajstić information content (AvgIpc) is 2.71. The fraction of sp³-hybridized carbons (Fsp3) is 0.600. The molecule has 0 radical (unpaired) electrons. The zero-order chi connectivity index (χ0) is 15.1. The third-order valence-corrected chi connectivity index (χ3v) is 3.53. The molecular formula is C15H24N4O2. The van der Waals surface area contributed by atoms with E-state index in [2.05, 4.69) is 15.5 Å². The Hall–Kier alpha value is -1.66. The number of hydrogen-bond acceptors (Lipinski definition) is 4. The van der Waals surface area contributed by atoms with Crippen molar-refractivity contribution in [1.82, 2.24) is 14.8 Å². The summed E-state index contributed by atoms with van der Waals surface area (Å²) in [5.41, 5.74) is 0.648.